The molecule has 0 radical (unpaired) electrons. The van der Waals surface area contributed by atoms with Gasteiger partial charge in [0.05, 0.1) is 0 Å². The van der Waals surface area contributed by atoms with Gasteiger partial charge in [-0.3, -0.25) is 19.2 Å². The molecule has 0 amide bonds. The summed E-state index contributed by atoms with van der Waals surface area (Å²) in [5, 5.41) is 0. The first-order valence-electron chi connectivity index (χ1n) is 6.19. The number of carbonyl (C=O) groups is 4. The molecule has 0 aliphatic rings. The summed E-state index contributed by atoms with van der Waals surface area (Å²) in [7, 11) is 0.303. The lowest BCUT2D eigenvalue weighted by molar-refractivity contribution is -0.171. The van der Waals surface area contributed by atoms with Gasteiger partial charge in [0, 0.05) is 17.6 Å². The SMILES string of the molecule is CPOCOC(=O)CC(=O)OCOC(=O)CC(=O)OCOPC. The second kappa shape index (κ2) is 14.3. The Balaban J connectivity index is 3.71. The van der Waals surface area contributed by atoms with Crippen molar-refractivity contribution in [3.63, 3.8) is 0 Å². The van der Waals surface area contributed by atoms with Crippen LogP contribution in [0, 0.1) is 0 Å². The zero-order valence-corrected chi connectivity index (χ0v) is 14.6. The molecule has 0 bridgehead atoms. The van der Waals surface area contributed by atoms with Crippen molar-refractivity contribution in [1.29, 1.82) is 0 Å². The Morgan fingerprint density at radius 3 is 1.22 bits per heavy atom. The van der Waals surface area contributed by atoms with E-state index in [2.05, 4.69) is 18.9 Å². The van der Waals surface area contributed by atoms with E-state index in [1.54, 1.807) is 13.3 Å². The van der Waals surface area contributed by atoms with E-state index in [0.29, 0.717) is 0 Å². The van der Waals surface area contributed by atoms with Crippen molar-refractivity contribution in [2.75, 3.05) is 33.7 Å². The molecule has 0 aromatic heterocycles. The van der Waals surface area contributed by atoms with Gasteiger partial charge >= 0.3 is 23.9 Å². The molecule has 23 heavy (non-hydrogen) atoms. The van der Waals surface area contributed by atoms with Crippen LogP contribution in [0.5, 0.6) is 0 Å². The standard InChI is InChI=1S/C11H18O10P2/c1-22-20-6-18-10(14)3-8(12)16-5-17-9(13)4-11(15)19-7-21-23-2/h22-23H,3-7H2,1-2H3. The average molecular weight is 372 g/mol. The number of hydrogen-bond acceptors (Lipinski definition) is 10. The minimum Gasteiger partial charge on any atom is -0.438 e. The first kappa shape index (κ1) is 21.7. The monoisotopic (exact) mass is 372 g/mol. The molecule has 0 N–H and O–H groups in total. The van der Waals surface area contributed by atoms with Crippen molar-refractivity contribution >= 4 is 41.5 Å². The highest BCUT2D eigenvalue weighted by molar-refractivity contribution is 7.31. The van der Waals surface area contributed by atoms with E-state index in [9.17, 15) is 19.2 Å². The maximum Gasteiger partial charge on any atom is 0.320 e. The molecule has 0 aromatic carbocycles. The fourth-order valence-electron chi connectivity index (χ4n) is 0.909. The lowest BCUT2D eigenvalue weighted by Crippen LogP contribution is -2.19. The number of hydrogen-bond donors (Lipinski definition) is 0. The van der Waals surface area contributed by atoms with Crippen LogP contribution in [0.2, 0.25) is 0 Å². The Hall–Kier alpha value is -1.34. The molecule has 2 atom stereocenters. The molecule has 0 aliphatic carbocycles. The van der Waals surface area contributed by atoms with Crippen molar-refractivity contribution in [2.45, 2.75) is 12.8 Å². The zero-order chi connectivity index (χ0) is 17.5. The van der Waals surface area contributed by atoms with Crippen molar-refractivity contribution in [3.8, 4) is 0 Å². The van der Waals surface area contributed by atoms with Crippen LogP contribution in [0.3, 0.4) is 0 Å². The van der Waals surface area contributed by atoms with Crippen molar-refractivity contribution in [3.05, 3.63) is 0 Å². The third kappa shape index (κ3) is 14.0. The second-order valence-electron chi connectivity index (χ2n) is 3.47. The van der Waals surface area contributed by atoms with Gasteiger partial charge in [-0.2, -0.15) is 0 Å². The Labute approximate surface area is 136 Å². The van der Waals surface area contributed by atoms with Gasteiger partial charge in [0.2, 0.25) is 6.79 Å². The molecule has 0 rings (SSSR count). The normalized spacial score (nSPS) is 10.9. The quantitative estimate of drug-likeness (QED) is 0.118. The van der Waals surface area contributed by atoms with Gasteiger partial charge in [0.15, 0.2) is 13.6 Å². The second-order valence-corrected chi connectivity index (χ2v) is 4.86. The summed E-state index contributed by atoms with van der Waals surface area (Å²) in [6.07, 6.45) is -1.30. The predicted octanol–water partition coefficient (Wildman–Crippen LogP) is 0.292. The highest BCUT2D eigenvalue weighted by Crippen LogP contribution is 2.04. The van der Waals surface area contributed by atoms with Gasteiger partial charge in [0.25, 0.3) is 0 Å². The minimum atomic E-state index is -0.943. The Morgan fingerprint density at radius 1 is 0.609 bits per heavy atom. The molecule has 0 saturated heterocycles. The van der Waals surface area contributed by atoms with Crippen molar-refractivity contribution in [1.82, 2.24) is 0 Å². The van der Waals surface area contributed by atoms with Crippen LogP contribution in [-0.4, -0.2) is 57.6 Å². The molecule has 2 unspecified atom stereocenters. The molecule has 10 nitrogen and oxygen atoms in total. The smallest absolute Gasteiger partial charge is 0.320 e. The molecular weight excluding hydrogens is 354 g/mol. The van der Waals surface area contributed by atoms with Crippen molar-refractivity contribution in [2.24, 2.45) is 0 Å². The number of carbonyl (C=O) groups excluding carboxylic acids is 4. The number of rotatable bonds is 12. The maximum atomic E-state index is 11.2. The summed E-state index contributed by atoms with van der Waals surface area (Å²) in [6, 6.07) is 0. The third-order valence-electron chi connectivity index (χ3n) is 1.86. The first-order valence-corrected chi connectivity index (χ1v) is 9.00. The lowest BCUT2D eigenvalue weighted by Gasteiger charge is -2.07. The molecule has 0 saturated carbocycles. The van der Waals surface area contributed by atoms with E-state index in [-0.39, 0.29) is 31.2 Å². The van der Waals surface area contributed by atoms with E-state index in [1.807, 2.05) is 0 Å². The highest BCUT2D eigenvalue weighted by Gasteiger charge is 2.15. The summed E-state index contributed by atoms with van der Waals surface area (Å²) < 4.78 is 27.6. The fraction of sp³-hybridized carbons (Fsp3) is 0.636. The first-order chi connectivity index (χ1) is 11.0. The van der Waals surface area contributed by atoms with Gasteiger partial charge in [0.1, 0.15) is 12.8 Å². The molecule has 0 aromatic rings. The molecule has 0 aliphatic heterocycles. The summed E-state index contributed by atoms with van der Waals surface area (Å²) in [5.41, 5.74) is 0. The summed E-state index contributed by atoms with van der Waals surface area (Å²) in [4.78, 5) is 44.6. The zero-order valence-electron chi connectivity index (χ0n) is 12.6. The molecule has 0 heterocycles. The Bertz CT molecular complexity index is 364. The van der Waals surface area contributed by atoms with Gasteiger partial charge in [-0.15, -0.1) is 0 Å². The number of ether oxygens (including phenoxy) is 4. The van der Waals surface area contributed by atoms with Crippen LogP contribution in [0.1, 0.15) is 12.8 Å². The summed E-state index contributed by atoms with van der Waals surface area (Å²) in [6.45, 7) is 2.26. The van der Waals surface area contributed by atoms with Crippen LogP contribution in [0.4, 0.5) is 0 Å². The largest absolute Gasteiger partial charge is 0.438 e. The van der Waals surface area contributed by atoms with Crippen LogP contribution >= 0.6 is 17.6 Å². The topological polar surface area (TPSA) is 124 Å². The number of esters is 4. The molecule has 0 fully saturated rings. The molecule has 0 spiro atoms. The predicted molar refractivity (Wildman–Crippen MR) is 78.9 cm³/mol. The van der Waals surface area contributed by atoms with Gasteiger partial charge < -0.3 is 28.0 Å². The summed E-state index contributed by atoms with van der Waals surface area (Å²) in [5.74, 6) is -3.55. The fourth-order valence-corrected chi connectivity index (χ4v) is 1.26. The molecule has 132 valence electrons. The lowest BCUT2D eigenvalue weighted by atomic mass is 10.4. The van der Waals surface area contributed by atoms with Crippen LogP contribution in [0.15, 0.2) is 0 Å². The Kier molecular flexibility index (Phi) is 13.4. The molecular formula is C11H18O10P2. The van der Waals surface area contributed by atoms with Crippen LogP contribution < -0.4 is 0 Å². The van der Waals surface area contributed by atoms with Gasteiger partial charge in [-0.1, -0.05) is 0 Å². The van der Waals surface area contributed by atoms with E-state index in [0.717, 1.165) is 0 Å². The highest BCUT2D eigenvalue weighted by atomic mass is 31.1. The van der Waals surface area contributed by atoms with Gasteiger partial charge in [-0.25, -0.2) is 0 Å². The van der Waals surface area contributed by atoms with E-state index >= 15 is 0 Å². The maximum absolute atomic E-state index is 11.2. The third-order valence-corrected chi connectivity index (χ3v) is 2.68. The Morgan fingerprint density at radius 2 is 0.913 bits per heavy atom. The minimum absolute atomic E-state index is 0.151. The van der Waals surface area contributed by atoms with E-state index in [4.69, 9.17) is 9.05 Å². The molecule has 12 heteroatoms. The summed E-state index contributed by atoms with van der Waals surface area (Å²) >= 11 is 0. The van der Waals surface area contributed by atoms with Gasteiger partial charge in [-0.05, 0) is 13.3 Å². The van der Waals surface area contributed by atoms with E-state index in [1.165, 1.54) is 0 Å². The van der Waals surface area contributed by atoms with Crippen LogP contribution in [-0.2, 0) is 47.2 Å². The van der Waals surface area contributed by atoms with Crippen molar-refractivity contribution < 1.29 is 47.2 Å². The average Bonchev–Trinajstić information content (AvgIpc) is 2.47. The van der Waals surface area contributed by atoms with Crippen LogP contribution in [0.25, 0.3) is 0 Å². The van der Waals surface area contributed by atoms with E-state index < -0.39 is 43.5 Å².